The van der Waals surface area contributed by atoms with Gasteiger partial charge in [-0.1, -0.05) is 0 Å². The Kier molecular flexibility index (Phi) is 4.89. The Morgan fingerprint density at radius 2 is 2.05 bits per heavy atom. The van der Waals surface area contributed by atoms with E-state index in [1.807, 2.05) is 6.07 Å². The van der Waals surface area contributed by atoms with Crippen molar-refractivity contribution in [2.75, 3.05) is 32.1 Å². The van der Waals surface area contributed by atoms with Crippen molar-refractivity contribution >= 4 is 5.69 Å². The Hall–Kier alpha value is -1.13. The molecule has 0 aromatic heterocycles. The number of nitrogens with zero attached hydrogens (tertiary/aromatic N) is 2. The summed E-state index contributed by atoms with van der Waals surface area (Å²) >= 11 is 0. The number of hydrogen-bond donors (Lipinski definition) is 1. The summed E-state index contributed by atoms with van der Waals surface area (Å²) in [6, 6.07) is 5.74. The predicted octanol–water partition coefficient (Wildman–Crippen LogP) is 2.85. The second-order valence-electron chi connectivity index (χ2n) is 7.23. The van der Waals surface area contributed by atoms with Crippen molar-refractivity contribution < 1.29 is 4.39 Å². The molecule has 1 saturated heterocycles. The lowest BCUT2D eigenvalue weighted by Crippen LogP contribution is -2.36. The van der Waals surface area contributed by atoms with Gasteiger partial charge in [-0.2, -0.15) is 0 Å². The summed E-state index contributed by atoms with van der Waals surface area (Å²) in [7, 11) is 4.25. The van der Waals surface area contributed by atoms with Crippen LogP contribution in [0.15, 0.2) is 18.2 Å². The zero-order valence-electron chi connectivity index (χ0n) is 13.9. The maximum atomic E-state index is 13.6. The maximum absolute atomic E-state index is 13.6. The summed E-state index contributed by atoms with van der Waals surface area (Å²) in [6.07, 6.45) is 1.16. The van der Waals surface area contributed by atoms with Crippen LogP contribution in [0.1, 0.15) is 32.8 Å². The van der Waals surface area contributed by atoms with Gasteiger partial charge in [-0.25, -0.2) is 4.39 Å². The molecule has 1 aliphatic heterocycles. The quantitative estimate of drug-likeness (QED) is 0.921. The van der Waals surface area contributed by atoms with E-state index in [1.165, 1.54) is 0 Å². The van der Waals surface area contributed by atoms with Gasteiger partial charge in [0.2, 0.25) is 0 Å². The fourth-order valence-electron chi connectivity index (χ4n) is 2.75. The Morgan fingerprint density at radius 1 is 1.33 bits per heavy atom. The molecule has 0 saturated carbocycles. The SMILES string of the molecule is CN(C)C1CCN(c2ccc(F)cc2CNC(C)(C)C)C1. The summed E-state index contributed by atoms with van der Waals surface area (Å²) in [6.45, 7) is 9.13. The van der Waals surface area contributed by atoms with Crippen molar-refractivity contribution in [1.82, 2.24) is 10.2 Å². The number of halogens is 1. The average molecular weight is 293 g/mol. The van der Waals surface area contributed by atoms with Crippen LogP contribution >= 0.6 is 0 Å². The van der Waals surface area contributed by atoms with E-state index < -0.39 is 0 Å². The molecule has 4 heteroatoms. The molecule has 1 aromatic carbocycles. The van der Waals surface area contributed by atoms with E-state index in [-0.39, 0.29) is 11.4 Å². The lowest BCUT2D eigenvalue weighted by atomic mass is 10.1. The third-order valence-corrected chi connectivity index (χ3v) is 4.09. The Balaban J connectivity index is 2.15. The van der Waals surface area contributed by atoms with Crippen molar-refractivity contribution in [2.45, 2.75) is 45.3 Å². The van der Waals surface area contributed by atoms with Gasteiger partial charge in [-0.15, -0.1) is 0 Å². The Bertz CT molecular complexity index is 479. The van der Waals surface area contributed by atoms with Crippen LogP contribution in [0.2, 0.25) is 0 Å². The third kappa shape index (κ3) is 4.42. The topological polar surface area (TPSA) is 18.5 Å². The van der Waals surface area contributed by atoms with Gasteiger partial charge in [0, 0.05) is 36.9 Å². The van der Waals surface area contributed by atoms with E-state index >= 15 is 0 Å². The van der Waals surface area contributed by atoms with Crippen LogP contribution in [0, 0.1) is 5.82 Å². The third-order valence-electron chi connectivity index (χ3n) is 4.09. The zero-order valence-corrected chi connectivity index (χ0v) is 13.9. The lowest BCUT2D eigenvalue weighted by molar-refractivity contribution is 0.315. The van der Waals surface area contributed by atoms with Crippen LogP contribution in [0.3, 0.4) is 0 Å². The molecule has 0 bridgehead atoms. The highest BCUT2D eigenvalue weighted by atomic mass is 19.1. The van der Waals surface area contributed by atoms with Crippen molar-refractivity contribution in [1.29, 1.82) is 0 Å². The number of hydrogen-bond acceptors (Lipinski definition) is 3. The van der Waals surface area contributed by atoms with Crippen molar-refractivity contribution in [3.8, 4) is 0 Å². The van der Waals surface area contributed by atoms with Crippen LogP contribution in [0.4, 0.5) is 10.1 Å². The van der Waals surface area contributed by atoms with E-state index in [0.717, 1.165) is 30.8 Å². The van der Waals surface area contributed by atoms with E-state index in [4.69, 9.17) is 0 Å². The number of rotatable bonds is 4. The fraction of sp³-hybridized carbons (Fsp3) is 0.647. The Labute approximate surface area is 128 Å². The highest BCUT2D eigenvalue weighted by molar-refractivity contribution is 5.55. The van der Waals surface area contributed by atoms with Gasteiger partial charge in [0.25, 0.3) is 0 Å². The molecular formula is C17H28FN3. The molecular weight excluding hydrogens is 265 g/mol. The van der Waals surface area contributed by atoms with E-state index in [1.54, 1.807) is 12.1 Å². The first-order valence-corrected chi connectivity index (χ1v) is 7.71. The van der Waals surface area contributed by atoms with Crippen LogP contribution in [0.5, 0.6) is 0 Å². The highest BCUT2D eigenvalue weighted by Crippen LogP contribution is 2.27. The molecule has 2 rings (SSSR count). The molecule has 1 heterocycles. The summed E-state index contributed by atoms with van der Waals surface area (Å²) in [5, 5.41) is 3.46. The summed E-state index contributed by atoms with van der Waals surface area (Å²) < 4.78 is 13.6. The number of benzene rings is 1. The van der Waals surface area contributed by atoms with E-state index in [2.05, 4.69) is 50.0 Å². The van der Waals surface area contributed by atoms with Gasteiger partial charge in [0.05, 0.1) is 0 Å². The molecule has 21 heavy (non-hydrogen) atoms. The summed E-state index contributed by atoms with van der Waals surface area (Å²) in [4.78, 5) is 4.65. The van der Waals surface area contributed by atoms with Gasteiger partial charge in [0.15, 0.2) is 0 Å². The minimum absolute atomic E-state index is 0.0285. The molecule has 0 spiro atoms. The van der Waals surface area contributed by atoms with E-state index in [9.17, 15) is 4.39 Å². The zero-order chi connectivity index (χ0) is 15.6. The molecule has 0 amide bonds. The molecule has 1 aromatic rings. The molecule has 1 aliphatic rings. The summed E-state index contributed by atoms with van der Waals surface area (Å²) in [5.74, 6) is -0.159. The van der Waals surface area contributed by atoms with Crippen LogP contribution in [0.25, 0.3) is 0 Å². The number of likely N-dealkylation sites (N-methyl/N-ethyl adjacent to an activating group) is 1. The monoisotopic (exact) mass is 293 g/mol. The minimum atomic E-state index is -0.159. The van der Waals surface area contributed by atoms with Crippen molar-refractivity contribution in [3.05, 3.63) is 29.6 Å². The largest absolute Gasteiger partial charge is 0.370 e. The van der Waals surface area contributed by atoms with Gasteiger partial charge >= 0.3 is 0 Å². The first kappa shape index (κ1) is 16.2. The first-order chi connectivity index (χ1) is 9.76. The minimum Gasteiger partial charge on any atom is -0.370 e. The molecule has 3 nitrogen and oxygen atoms in total. The first-order valence-electron chi connectivity index (χ1n) is 7.71. The number of nitrogens with one attached hydrogen (secondary N) is 1. The molecule has 0 aliphatic carbocycles. The second kappa shape index (κ2) is 6.32. The Morgan fingerprint density at radius 3 is 2.62 bits per heavy atom. The highest BCUT2D eigenvalue weighted by Gasteiger charge is 2.25. The summed E-state index contributed by atoms with van der Waals surface area (Å²) in [5.41, 5.74) is 2.24. The van der Waals surface area contributed by atoms with Gasteiger partial charge < -0.3 is 15.1 Å². The number of anilines is 1. The van der Waals surface area contributed by atoms with E-state index in [0.29, 0.717) is 12.6 Å². The van der Waals surface area contributed by atoms with Crippen LogP contribution in [-0.4, -0.2) is 43.7 Å². The normalized spacial score (nSPS) is 19.6. The molecule has 1 unspecified atom stereocenters. The standard InChI is InChI=1S/C17H28FN3/c1-17(2,3)19-11-13-10-14(18)6-7-16(13)21-9-8-15(12-21)20(4)5/h6-7,10,15,19H,8-9,11-12H2,1-5H3. The predicted molar refractivity (Wildman–Crippen MR) is 87.3 cm³/mol. The molecule has 1 N–H and O–H groups in total. The van der Waals surface area contributed by atoms with Gasteiger partial charge in [-0.05, 0) is 65.0 Å². The van der Waals surface area contributed by atoms with Crippen LogP contribution < -0.4 is 10.2 Å². The molecule has 118 valence electrons. The maximum Gasteiger partial charge on any atom is 0.123 e. The molecule has 1 atom stereocenters. The smallest absolute Gasteiger partial charge is 0.123 e. The average Bonchev–Trinajstić information content (AvgIpc) is 2.85. The van der Waals surface area contributed by atoms with Crippen LogP contribution in [-0.2, 0) is 6.54 Å². The lowest BCUT2D eigenvalue weighted by Gasteiger charge is -2.26. The van der Waals surface area contributed by atoms with Crippen molar-refractivity contribution in [3.63, 3.8) is 0 Å². The fourth-order valence-corrected chi connectivity index (χ4v) is 2.75. The van der Waals surface area contributed by atoms with Gasteiger partial charge in [-0.3, -0.25) is 0 Å². The molecule has 1 fully saturated rings. The van der Waals surface area contributed by atoms with Crippen molar-refractivity contribution in [2.24, 2.45) is 0 Å². The second-order valence-corrected chi connectivity index (χ2v) is 7.23. The molecule has 0 radical (unpaired) electrons. The van der Waals surface area contributed by atoms with Gasteiger partial charge in [0.1, 0.15) is 5.82 Å².